The Kier molecular flexibility index (Phi) is 4.44. The summed E-state index contributed by atoms with van der Waals surface area (Å²) < 4.78 is 0. The lowest BCUT2D eigenvalue weighted by molar-refractivity contribution is -0.133. The number of hydrogen-bond donors (Lipinski definition) is 2. The van der Waals surface area contributed by atoms with Crippen molar-refractivity contribution in [1.29, 1.82) is 0 Å². The van der Waals surface area contributed by atoms with Gasteiger partial charge < -0.3 is 15.2 Å². The van der Waals surface area contributed by atoms with Gasteiger partial charge in [-0.3, -0.25) is 9.59 Å². The lowest BCUT2D eigenvalue weighted by Gasteiger charge is -2.30. The van der Waals surface area contributed by atoms with Crippen molar-refractivity contribution in [2.24, 2.45) is 0 Å². The quantitative estimate of drug-likeness (QED) is 0.752. The first kappa shape index (κ1) is 17.3. The van der Waals surface area contributed by atoms with Gasteiger partial charge in [0.15, 0.2) is 0 Å². The van der Waals surface area contributed by atoms with E-state index in [1.807, 2.05) is 42.2 Å². The van der Waals surface area contributed by atoms with Gasteiger partial charge >= 0.3 is 0 Å². The SMILES string of the molecule is Cc1cccc(C(=O)N[C@@H](C)C(=O)N2CCc3[nH]c4ccccc4c3C2)c1. The van der Waals surface area contributed by atoms with Crippen molar-refractivity contribution in [2.75, 3.05) is 6.54 Å². The molecule has 1 aromatic heterocycles. The molecule has 5 nitrogen and oxygen atoms in total. The molecular weight excluding hydrogens is 338 g/mol. The fourth-order valence-electron chi connectivity index (χ4n) is 3.76. The third-order valence-corrected chi connectivity index (χ3v) is 5.19. The average Bonchev–Trinajstić information content (AvgIpc) is 3.05. The van der Waals surface area contributed by atoms with Crippen LogP contribution in [0.5, 0.6) is 0 Å². The van der Waals surface area contributed by atoms with Crippen molar-refractivity contribution in [2.45, 2.75) is 32.9 Å². The number of fused-ring (bicyclic) bond motifs is 3. The van der Waals surface area contributed by atoms with Gasteiger partial charge in [-0.25, -0.2) is 0 Å². The molecule has 138 valence electrons. The van der Waals surface area contributed by atoms with Crippen LogP contribution in [0, 0.1) is 6.92 Å². The van der Waals surface area contributed by atoms with Crippen molar-refractivity contribution < 1.29 is 9.59 Å². The summed E-state index contributed by atoms with van der Waals surface area (Å²) in [4.78, 5) is 30.6. The molecule has 0 bridgehead atoms. The van der Waals surface area contributed by atoms with Crippen molar-refractivity contribution in [3.05, 3.63) is 70.9 Å². The lowest BCUT2D eigenvalue weighted by Crippen LogP contribution is -2.48. The smallest absolute Gasteiger partial charge is 0.251 e. The van der Waals surface area contributed by atoms with E-state index in [2.05, 4.69) is 22.4 Å². The van der Waals surface area contributed by atoms with Gasteiger partial charge in [0, 0.05) is 47.2 Å². The second-order valence-electron chi connectivity index (χ2n) is 7.20. The molecule has 27 heavy (non-hydrogen) atoms. The van der Waals surface area contributed by atoms with Gasteiger partial charge in [0.2, 0.25) is 5.91 Å². The number of carbonyl (C=O) groups is 2. The van der Waals surface area contributed by atoms with Crippen molar-refractivity contribution >= 4 is 22.7 Å². The molecule has 0 spiro atoms. The summed E-state index contributed by atoms with van der Waals surface area (Å²) in [6.45, 7) is 4.92. The van der Waals surface area contributed by atoms with Gasteiger partial charge in [0.25, 0.3) is 5.91 Å². The standard InChI is InChI=1S/C22H23N3O2/c1-14-6-5-7-16(12-14)21(26)23-15(2)22(27)25-11-10-20-18(13-25)17-8-3-4-9-19(17)24-20/h3-9,12,15,24H,10-11,13H2,1-2H3,(H,23,26)/t15-/m0/s1. The number of rotatable bonds is 3. The lowest BCUT2D eigenvalue weighted by atomic mass is 10.0. The van der Waals surface area contributed by atoms with Crippen LogP contribution in [0.3, 0.4) is 0 Å². The van der Waals surface area contributed by atoms with Crippen LogP contribution < -0.4 is 5.32 Å². The highest BCUT2D eigenvalue weighted by molar-refractivity contribution is 5.97. The van der Waals surface area contributed by atoms with E-state index in [1.54, 1.807) is 13.0 Å². The Bertz CT molecular complexity index is 1020. The maximum atomic E-state index is 12.9. The first-order valence-corrected chi connectivity index (χ1v) is 9.27. The van der Waals surface area contributed by atoms with E-state index in [4.69, 9.17) is 0 Å². The number of nitrogens with zero attached hydrogens (tertiary/aromatic N) is 1. The van der Waals surface area contributed by atoms with Crippen LogP contribution in [0.25, 0.3) is 10.9 Å². The van der Waals surface area contributed by atoms with Gasteiger partial charge in [-0.15, -0.1) is 0 Å². The summed E-state index contributed by atoms with van der Waals surface area (Å²) in [7, 11) is 0. The van der Waals surface area contributed by atoms with E-state index in [-0.39, 0.29) is 11.8 Å². The molecule has 0 fully saturated rings. The molecule has 0 saturated carbocycles. The Balaban J connectivity index is 1.47. The Morgan fingerprint density at radius 3 is 2.78 bits per heavy atom. The zero-order chi connectivity index (χ0) is 19.0. The van der Waals surface area contributed by atoms with Gasteiger partial charge in [-0.1, -0.05) is 35.9 Å². The van der Waals surface area contributed by atoms with Crippen molar-refractivity contribution in [3.63, 3.8) is 0 Å². The maximum Gasteiger partial charge on any atom is 0.251 e. The molecule has 1 atom stereocenters. The Morgan fingerprint density at radius 2 is 1.96 bits per heavy atom. The third-order valence-electron chi connectivity index (χ3n) is 5.19. The third kappa shape index (κ3) is 3.33. The number of aromatic amines is 1. The Morgan fingerprint density at radius 1 is 1.15 bits per heavy atom. The number of benzene rings is 2. The van der Waals surface area contributed by atoms with E-state index < -0.39 is 6.04 Å². The average molecular weight is 361 g/mol. The van der Waals surface area contributed by atoms with E-state index >= 15 is 0 Å². The topological polar surface area (TPSA) is 65.2 Å². The van der Waals surface area contributed by atoms with Gasteiger partial charge in [0.1, 0.15) is 6.04 Å². The molecule has 2 N–H and O–H groups in total. The molecule has 0 radical (unpaired) electrons. The number of H-pyrrole nitrogens is 1. The molecule has 3 aromatic rings. The Hall–Kier alpha value is -3.08. The fraction of sp³-hybridized carbons (Fsp3) is 0.273. The molecule has 4 rings (SSSR count). The van der Waals surface area contributed by atoms with Crippen LogP contribution in [-0.2, 0) is 17.8 Å². The second-order valence-corrected chi connectivity index (χ2v) is 7.20. The van der Waals surface area contributed by atoms with Crippen molar-refractivity contribution in [1.82, 2.24) is 15.2 Å². The summed E-state index contributed by atoms with van der Waals surface area (Å²) >= 11 is 0. The van der Waals surface area contributed by atoms with Crippen LogP contribution in [0.15, 0.2) is 48.5 Å². The molecule has 1 aliphatic heterocycles. The molecule has 0 unspecified atom stereocenters. The number of aromatic nitrogens is 1. The molecule has 0 saturated heterocycles. The fourth-order valence-corrected chi connectivity index (χ4v) is 3.76. The van der Waals surface area contributed by atoms with E-state index in [9.17, 15) is 9.59 Å². The summed E-state index contributed by atoms with van der Waals surface area (Å²) in [6, 6.07) is 15.0. The summed E-state index contributed by atoms with van der Waals surface area (Å²) in [5.74, 6) is -0.267. The summed E-state index contributed by atoms with van der Waals surface area (Å²) in [6.07, 6.45) is 0.800. The molecule has 2 amide bonds. The summed E-state index contributed by atoms with van der Waals surface area (Å²) in [5.41, 5.74) is 5.09. The first-order chi connectivity index (χ1) is 13.0. The van der Waals surface area contributed by atoms with Crippen molar-refractivity contribution in [3.8, 4) is 0 Å². The number of aryl methyl sites for hydroxylation is 1. The molecule has 2 heterocycles. The minimum Gasteiger partial charge on any atom is -0.358 e. The zero-order valence-corrected chi connectivity index (χ0v) is 15.6. The highest BCUT2D eigenvalue weighted by Crippen LogP contribution is 2.27. The molecule has 2 aromatic carbocycles. The molecule has 1 aliphatic rings. The maximum absolute atomic E-state index is 12.9. The monoisotopic (exact) mass is 361 g/mol. The molecule has 0 aliphatic carbocycles. The molecular formula is C22H23N3O2. The highest BCUT2D eigenvalue weighted by atomic mass is 16.2. The van der Waals surface area contributed by atoms with E-state index in [0.717, 1.165) is 17.5 Å². The highest BCUT2D eigenvalue weighted by Gasteiger charge is 2.27. The largest absolute Gasteiger partial charge is 0.358 e. The van der Waals surface area contributed by atoms with Crippen LogP contribution >= 0.6 is 0 Å². The van der Waals surface area contributed by atoms with Gasteiger partial charge in [-0.2, -0.15) is 0 Å². The number of hydrogen-bond acceptors (Lipinski definition) is 2. The predicted molar refractivity (Wildman–Crippen MR) is 106 cm³/mol. The summed E-state index contributed by atoms with van der Waals surface area (Å²) in [5, 5.41) is 4.01. The number of para-hydroxylation sites is 1. The van der Waals surface area contributed by atoms with E-state index in [0.29, 0.717) is 18.7 Å². The number of nitrogens with one attached hydrogen (secondary N) is 2. The molecule has 5 heteroatoms. The minimum atomic E-state index is -0.565. The van der Waals surface area contributed by atoms with E-state index in [1.165, 1.54) is 16.6 Å². The van der Waals surface area contributed by atoms with Crippen LogP contribution in [-0.4, -0.2) is 34.3 Å². The van der Waals surface area contributed by atoms with Crippen LogP contribution in [0.1, 0.15) is 34.1 Å². The predicted octanol–water partition coefficient (Wildman–Crippen LogP) is 3.18. The van der Waals surface area contributed by atoms with Crippen LogP contribution in [0.2, 0.25) is 0 Å². The number of amides is 2. The minimum absolute atomic E-state index is 0.0491. The van der Waals surface area contributed by atoms with Crippen LogP contribution in [0.4, 0.5) is 0 Å². The second kappa shape index (κ2) is 6.91. The number of carbonyl (C=O) groups excluding carboxylic acids is 2. The van der Waals surface area contributed by atoms with Gasteiger partial charge in [0.05, 0.1) is 0 Å². The van der Waals surface area contributed by atoms with Gasteiger partial charge in [-0.05, 0) is 32.0 Å². The first-order valence-electron chi connectivity index (χ1n) is 9.27. The normalized spacial score (nSPS) is 14.7. The zero-order valence-electron chi connectivity index (χ0n) is 15.6. The Labute approximate surface area is 158 Å².